The van der Waals surface area contributed by atoms with E-state index in [0.717, 1.165) is 27.5 Å². The van der Waals surface area contributed by atoms with Crippen LogP contribution in [0.1, 0.15) is 15.9 Å². The summed E-state index contributed by atoms with van der Waals surface area (Å²) in [7, 11) is -5.55. The van der Waals surface area contributed by atoms with Gasteiger partial charge in [0.15, 0.2) is 0 Å². The standard InChI is InChI=1S/C17H13F3N4O5S/c18-17(19,20)30(28,29)12-3-1-11(2-4-12)24-14(25)9-23(16(24)27)8-10-5-6-22-7-13(10)15(21)26/h1-7,9,25H,8H2,(H2,21,26). The molecule has 0 atom stereocenters. The van der Waals surface area contributed by atoms with Gasteiger partial charge in [0.05, 0.1) is 28.9 Å². The molecule has 1 aromatic carbocycles. The van der Waals surface area contributed by atoms with Gasteiger partial charge in [0.2, 0.25) is 5.88 Å². The predicted molar refractivity (Wildman–Crippen MR) is 96.8 cm³/mol. The third-order valence-electron chi connectivity index (χ3n) is 4.16. The van der Waals surface area contributed by atoms with E-state index < -0.39 is 37.7 Å². The van der Waals surface area contributed by atoms with Gasteiger partial charge in [-0.1, -0.05) is 0 Å². The van der Waals surface area contributed by atoms with E-state index >= 15 is 0 Å². The van der Waals surface area contributed by atoms with E-state index in [-0.39, 0.29) is 17.8 Å². The van der Waals surface area contributed by atoms with Crippen LogP contribution in [0.5, 0.6) is 5.88 Å². The number of pyridine rings is 1. The lowest BCUT2D eigenvalue weighted by molar-refractivity contribution is -0.0436. The third kappa shape index (κ3) is 3.66. The van der Waals surface area contributed by atoms with Crippen LogP contribution in [-0.4, -0.2) is 39.1 Å². The molecule has 2 aromatic heterocycles. The van der Waals surface area contributed by atoms with Gasteiger partial charge in [-0.2, -0.15) is 13.2 Å². The largest absolute Gasteiger partial charge is 0.501 e. The lowest BCUT2D eigenvalue weighted by atomic mass is 10.1. The number of hydrogen-bond acceptors (Lipinski definition) is 6. The molecule has 0 spiro atoms. The Balaban J connectivity index is 2.00. The minimum Gasteiger partial charge on any atom is -0.493 e. The highest BCUT2D eigenvalue weighted by molar-refractivity contribution is 7.92. The summed E-state index contributed by atoms with van der Waals surface area (Å²) in [4.78, 5) is 26.9. The highest BCUT2D eigenvalue weighted by Gasteiger charge is 2.46. The van der Waals surface area contributed by atoms with E-state index in [1.54, 1.807) is 0 Å². The summed E-state index contributed by atoms with van der Waals surface area (Å²) in [5.74, 6) is -1.32. The molecule has 0 unspecified atom stereocenters. The van der Waals surface area contributed by atoms with Crippen molar-refractivity contribution in [3.05, 3.63) is 70.5 Å². The number of amides is 1. The molecule has 3 aromatic rings. The van der Waals surface area contributed by atoms with Gasteiger partial charge in [-0.25, -0.2) is 17.8 Å². The topological polar surface area (TPSA) is 137 Å². The van der Waals surface area contributed by atoms with Crippen molar-refractivity contribution in [3.63, 3.8) is 0 Å². The predicted octanol–water partition coefficient (Wildman–Crippen LogP) is 1.18. The molecular formula is C17H13F3N4O5S. The number of halogens is 3. The molecule has 0 aliphatic carbocycles. The highest BCUT2D eigenvalue weighted by Crippen LogP contribution is 2.30. The first-order valence-corrected chi connectivity index (χ1v) is 9.57. The van der Waals surface area contributed by atoms with Crippen molar-refractivity contribution < 1.29 is 31.5 Å². The summed E-state index contributed by atoms with van der Waals surface area (Å²) < 4.78 is 62.6. The number of sulfone groups is 1. The quantitative estimate of drug-likeness (QED) is 0.609. The highest BCUT2D eigenvalue weighted by atomic mass is 32.2. The third-order valence-corrected chi connectivity index (χ3v) is 5.67. The molecule has 9 nitrogen and oxygen atoms in total. The number of aromatic hydroxyl groups is 1. The first-order valence-electron chi connectivity index (χ1n) is 8.09. The molecule has 3 N–H and O–H groups in total. The Morgan fingerprint density at radius 2 is 1.80 bits per heavy atom. The first kappa shape index (κ1) is 21.1. The second-order valence-electron chi connectivity index (χ2n) is 6.07. The molecular weight excluding hydrogens is 429 g/mol. The zero-order chi connectivity index (χ0) is 22.3. The SMILES string of the molecule is NC(=O)c1cnccc1Cn1cc(O)n(-c2ccc(S(=O)(=O)C(F)(F)F)cc2)c1=O. The molecule has 2 heterocycles. The van der Waals surface area contributed by atoms with E-state index in [0.29, 0.717) is 17.7 Å². The van der Waals surface area contributed by atoms with Crippen molar-refractivity contribution in [3.8, 4) is 11.6 Å². The zero-order valence-electron chi connectivity index (χ0n) is 14.9. The molecule has 158 valence electrons. The Morgan fingerprint density at radius 1 is 1.17 bits per heavy atom. The minimum atomic E-state index is -5.55. The molecule has 0 fully saturated rings. The second kappa shape index (κ2) is 7.33. The molecule has 3 rings (SSSR count). The smallest absolute Gasteiger partial charge is 0.493 e. The first-order chi connectivity index (χ1) is 13.9. The number of primary amides is 1. The van der Waals surface area contributed by atoms with Crippen LogP contribution in [0.4, 0.5) is 13.2 Å². The van der Waals surface area contributed by atoms with Crippen molar-refractivity contribution >= 4 is 15.7 Å². The number of carbonyl (C=O) groups excluding carboxylic acids is 1. The summed E-state index contributed by atoms with van der Waals surface area (Å²) >= 11 is 0. The average molecular weight is 442 g/mol. The van der Waals surface area contributed by atoms with E-state index in [1.807, 2.05) is 0 Å². The van der Waals surface area contributed by atoms with Gasteiger partial charge < -0.3 is 10.8 Å². The van der Waals surface area contributed by atoms with Gasteiger partial charge in [0, 0.05) is 12.4 Å². The van der Waals surface area contributed by atoms with Crippen molar-refractivity contribution in [1.29, 1.82) is 0 Å². The minimum absolute atomic E-state index is 0.0674. The normalized spacial score (nSPS) is 12.1. The molecule has 0 radical (unpaired) electrons. The van der Waals surface area contributed by atoms with E-state index in [1.165, 1.54) is 18.5 Å². The number of carbonyl (C=O) groups is 1. The molecule has 0 saturated carbocycles. The lowest BCUT2D eigenvalue weighted by Gasteiger charge is -2.09. The van der Waals surface area contributed by atoms with Crippen molar-refractivity contribution in [2.45, 2.75) is 16.9 Å². The number of imidazole rings is 1. The number of nitrogens with two attached hydrogens (primary N) is 1. The second-order valence-corrected chi connectivity index (χ2v) is 8.01. The maximum absolute atomic E-state index is 12.7. The molecule has 30 heavy (non-hydrogen) atoms. The van der Waals surface area contributed by atoms with E-state index in [4.69, 9.17) is 5.73 Å². The van der Waals surface area contributed by atoms with Crippen LogP contribution >= 0.6 is 0 Å². The number of aromatic nitrogens is 3. The van der Waals surface area contributed by atoms with Gasteiger partial charge in [-0.05, 0) is 35.9 Å². The van der Waals surface area contributed by atoms with Crippen LogP contribution in [0.15, 0.2) is 58.6 Å². The summed E-state index contributed by atoms with van der Waals surface area (Å²) in [5.41, 5.74) is -0.646. The number of alkyl halides is 3. The Labute approximate surface area is 166 Å². The summed E-state index contributed by atoms with van der Waals surface area (Å²) in [6.07, 6.45) is 3.65. The molecule has 0 aliphatic rings. The maximum Gasteiger partial charge on any atom is 0.501 e. The Hall–Kier alpha value is -3.61. The Bertz CT molecular complexity index is 1280. The van der Waals surface area contributed by atoms with Crippen LogP contribution < -0.4 is 11.4 Å². The summed E-state index contributed by atoms with van der Waals surface area (Å²) in [5, 5.41) is 10.1. The fraction of sp³-hybridized carbons (Fsp3) is 0.118. The van der Waals surface area contributed by atoms with Gasteiger partial charge in [-0.15, -0.1) is 0 Å². The van der Waals surface area contributed by atoms with Crippen LogP contribution in [0, 0.1) is 0 Å². The summed E-state index contributed by atoms with van der Waals surface area (Å²) in [6.45, 7) is -0.152. The zero-order valence-corrected chi connectivity index (χ0v) is 15.7. The fourth-order valence-electron chi connectivity index (χ4n) is 2.71. The van der Waals surface area contributed by atoms with Crippen LogP contribution in [0.2, 0.25) is 0 Å². The van der Waals surface area contributed by atoms with E-state index in [9.17, 15) is 36.3 Å². The number of benzene rings is 1. The van der Waals surface area contributed by atoms with E-state index in [2.05, 4.69) is 4.98 Å². The van der Waals surface area contributed by atoms with Crippen LogP contribution in [0.25, 0.3) is 5.69 Å². The molecule has 0 aliphatic heterocycles. The number of rotatable bonds is 5. The number of nitrogens with zero attached hydrogens (tertiary/aromatic N) is 3. The monoisotopic (exact) mass is 442 g/mol. The maximum atomic E-state index is 12.7. The molecule has 0 bridgehead atoms. The van der Waals surface area contributed by atoms with Gasteiger partial charge >= 0.3 is 11.2 Å². The van der Waals surface area contributed by atoms with Crippen molar-refractivity contribution in [2.75, 3.05) is 0 Å². The van der Waals surface area contributed by atoms with Gasteiger partial charge in [0.1, 0.15) is 0 Å². The van der Waals surface area contributed by atoms with Crippen molar-refractivity contribution in [1.82, 2.24) is 14.1 Å². The average Bonchev–Trinajstić information content (AvgIpc) is 2.94. The van der Waals surface area contributed by atoms with Gasteiger partial charge in [-0.3, -0.25) is 14.3 Å². The van der Waals surface area contributed by atoms with Crippen molar-refractivity contribution in [2.24, 2.45) is 5.73 Å². The lowest BCUT2D eigenvalue weighted by Crippen LogP contribution is -2.25. The Morgan fingerprint density at radius 3 is 2.37 bits per heavy atom. The Kier molecular flexibility index (Phi) is 5.16. The molecule has 0 saturated heterocycles. The van der Waals surface area contributed by atoms with Crippen LogP contribution in [0.3, 0.4) is 0 Å². The summed E-state index contributed by atoms with van der Waals surface area (Å²) in [6, 6.07) is 4.71. The molecule has 13 heteroatoms. The number of hydrogen-bond donors (Lipinski definition) is 2. The van der Waals surface area contributed by atoms with Gasteiger partial charge in [0.25, 0.3) is 15.7 Å². The fourth-order valence-corrected chi connectivity index (χ4v) is 3.47. The van der Waals surface area contributed by atoms with Crippen LogP contribution in [-0.2, 0) is 16.4 Å². The molecule has 1 amide bonds.